The Hall–Kier alpha value is -1.33. The highest BCUT2D eigenvalue weighted by Gasteiger charge is 2.21. The lowest BCUT2D eigenvalue weighted by Gasteiger charge is -2.29. The fourth-order valence-electron chi connectivity index (χ4n) is 2.25. The molecule has 0 saturated carbocycles. The Morgan fingerprint density at radius 3 is 2.87 bits per heavy atom. The zero-order valence-electron chi connectivity index (χ0n) is 8.82. The van der Waals surface area contributed by atoms with Crippen LogP contribution >= 0.6 is 0 Å². The van der Waals surface area contributed by atoms with E-state index in [0.29, 0.717) is 18.4 Å². The van der Waals surface area contributed by atoms with Gasteiger partial charge in [0.1, 0.15) is 0 Å². The Morgan fingerprint density at radius 2 is 2.13 bits per heavy atom. The van der Waals surface area contributed by atoms with Crippen molar-refractivity contribution < 1.29 is 0 Å². The van der Waals surface area contributed by atoms with E-state index in [1.54, 1.807) is 0 Å². The molecule has 2 rings (SSSR count). The normalized spacial score (nSPS) is 25.8. The van der Waals surface area contributed by atoms with Crippen LogP contribution in [0.4, 0.5) is 0 Å². The van der Waals surface area contributed by atoms with Gasteiger partial charge in [0.2, 0.25) is 0 Å². The van der Waals surface area contributed by atoms with E-state index in [1.165, 1.54) is 5.56 Å². The highest BCUT2D eigenvalue weighted by Crippen LogP contribution is 2.28. The third kappa shape index (κ3) is 2.57. The summed E-state index contributed by atoms with van der Waals surface area (Å²) in [4.78, 5) is 0. The maximum atomic E-state index is 8.70. The van der Waals surface area contributed by atoms with Crippen LogP contribution in [0.15, 0.2) is 30.3 Å². The molecule has 1 heterocycles. The largest absolute Gasteiger partial charge is 0.310 e. The molecule has 2 heteroatoms. The summed E-state index contributed by atoms with van der Waals surface area (Å²) in [7, 11) is 0. The van der Waals surface area contributed by atoms with Gasteiger partial charge in [0.05, 0.1) is 6.07 Å². The molecular weight excluding hydrogens is 184 g/mol. The first-order chi connectivity index (χ1) is 7.40. The van der Waals surface area contributed by atoms with Crippen molar-refractivity contribution in [2.75, 3.05) is 6.54 Å². The van der Waals surface area contributed by atoms with E-state index in [1.807, 2.05) is 6.07 Å². The summed E-state index contributed by atoms with van der Waals surface area (Å²) < 4.78 is 0. The van der Waals surface area contributed by atoms with Crippen molar-refractivity contribution in [3.05, 3.63) is 35.9 Å². The second-order valence-corrected chi connectivity index (χ2v) is 4.17. The molecule has 0 spiro atoms. The Balaban J connectivity index is 2.02. The van der Waals surface area contributed by atoms with Crippen LogP contribution < -0.4 is 5.32 Å². The molecule has 1 N–H and O–H groups in total. The second kappa shape index (κ2) is 4.95. The standard InChI is InChI=1S/C13H16N2/c14-8-6-11-7-9-15-13(10-11)12-4-2-1-3-5-12/h1-5,11,13,15H,6-7,9-10H2. The predicted molar refractivity (Wildman–Crippen MR) is 60.1 cm³/mol. The van der Waals surface area contributed by atoms with Crippen molar-refractivity contribution in [1.29, 1.82) is 5.26 Å². The summed E-state index contributed by atoms with van der Waals surface area (Å²) >= 11 is 0. The maximum Gasteiger partial charge on any atom is 0.0624 e. The van der Waals surface area contributed by atoms with E-state index in [-0.39, 0.29) is 0 Å². The minimum Gasteiger partial charge on any atom is -0.310 e. The van der Waals surface area contributed by atoms with Crippen LogP contribution in [0.3, 0.4) is 0 Å². The van der Waals surface area contributed by atoms with Crippen LogP contribution in [0.5, 0.6) is 0 Å². The molecule has 2 unspecified atom stereocenters. The molecule has 2 atom stereocenters. The molecule has 1 fully saturated rings. The Kier molecular flexibility index (Phi) is 3.37. The molecule has 0 aliphatic carbocycles. The summed E-state index contributed by atoms with van der Waals surface area (Å²) in [6, 6.07) is 13.2. The van der Waals surface area contributed by atoms with Crippen LogP contribution in [-0.2, 0) is 0 Å². The zero-order chi connectivity index (χ0) is 10.5. The third-order valence-electron chi connectivity index (χ3n) is 3.09. The minimum absolute atomic E-state index is 0.443. The lowest BCUT2D eigenvalue weighted by atomic mass is 9.87. The van der Waals surface area contributed by atoms with Crippen LogP contribution in [0.25, 0.3) is 0 Å². The molecule has 0 aromatic heterocycles. The molecule has 1 aliphatic rings. The van der Waals surface area contributed by atoms with Gasteiger partial charge in [-0.3, -0.25) is 0 Å². The van der Waals surface area contributed by atoms with Crippen LogP contribution in [0, 0.1) is 17.2 Å². The average Bonchev–Trinajstić information content (AvgIpc) is 2.31. The first-order valence-corrected chi connectivity index (χ1v) is 5.55. The SMILES string of the molecule is N#CCC1CCNC(c2ccccc2)C1. The molecule has 1 aromatic rings. The molecule has 0 amide bonds. The number of nitrogens with one attached hydrogen (secondary N) is 1. The van der Waals surface area contributed by atoms with Gasteiger partial charge in [0.25, 0.3) is 0 Å². The first-order valence-electron chi connectivity index (χ1n) is 5.55. The fraction of sp³-hybridized carbons (Fsp3) is 0.462. The van der Waals surface area contributed by atoms with Gasteiger partial charge < -0.3 is 5.32 Å². The molecule has 1 saturated heterocycles. The van der Waals surface area contributed by atoms with E-state index >= 15 is 0 Å². The van der Waals surface area contributed by atoms with Gasteiger partial charge in [0.15, 0.2) is 0 Å². The highest BCUT2D eigenvalue weighted by molar-refractivity contribution is 5.19. The number of piperidine rings is 1. The van der Waals surface area contributed by atoms with Crippen molar-refractivity contribution in [1.82, 2.24) is 5.32 Å². The van der Waals surface area contributed by atoms with Crippen molar-refractivity contribution in [2.45, 2.75) is 25.3 Å². The van der Waals surface area contributed by atoms with Gasteiger partial charge in [-0.25, -0.2) is 0 Å². The number of hydrogen-bond donors (Lipinski definition) is 1. The van der Waals surface area contributed by atoms with Gasteiger partial charge in [-0.05, 0) is 30.9 Å². The van der Waals surface area contributed by atoms with E-state index in [9.17, 15) is 0 Å². The van der Waals surface area contributed by atoms with Gasteiger partial charge in [-0.1, -0.05) is 30.3 Å². The molecule has 2 nitrogen and oxygen atoms in total. The topological polar surface area (TPSA) is 35.8 Å². The monoisotopic (exact) mass is 200 g/mol. The van der Waals surface area contributed by atoms with Crippen molar-refractivity contribution >= 4 is 0 Å². The maximum absolute atomic E-state index is 8.70. The summed E-state index contributed by atoms with van der Waals surface area (Å²) in [6.07, 6.45) is 2.93. The molecule has 1 aliphatic heterocycles. The highest BCUT2D eigenvalue weighted by atomic mass is 14.9. The number of hydrogen-bond acceptors (Lipinski definition) is 2. The molecule has 0 radical (unpaired) electrons. The number of benzene rings is 1. The van der Waals surface area contributed by atoms with Crippen LogP contribution in [0.2, 0.25) is 0 Å². The van der Waals surface area contributed by atoms with E-state index in [2.05, 4.69) is 35.7 Å². The summed E-state index contributed by atoms with van der Waals surface area (Å²) in [5.74, 6) is 0.571. The quantitative estimate of drug-likeness (QED) is 0.796. The fourth-order valence-corrected chi connectivity index (χ4v) is 2.25. The molecular formula is C13H16N2. The molecule has 0 bridgehead atoms. The summed E-state index contributed by atoms with van der Waals surface area (Å²) in [5, 5.41) is 12.2. The van der Waals surface area contributed by atoms with Crippen molar-refractivity contribution in [2.24, 2.45) is 5.92 Å². The minimum atomic E-state index is 0.443. The third-order valence-corrected chi connectivity index (χ3v) is 3.09. The van der Waals surface area contributed by atoms with Crippen LogP contribution in [-0.4, -0.2) is 6.54 Å². The van der Waals surface area contributed by atoms with Gasteiger partial charge >= 0.3 is 0 Å². The molecule has 1 aromatic carbocycles. The molecule has 15 heavy (non-hydrogen) atoms. The first kappa shape index (κ1) is 10.2. The number of rotatable bonds is 2. The Morgan fingerprint density at radius 1 is 1.33 bits per heavy atom. The molecule has 78 valence electrons. The van der Waals surface area contributed by atoms with E-state index in [0.717, 1.165) is 19.4 Å². The van der Waals surface area contributed by atoms with E-state index < -0.39 is 0 Å². The van der Waals surface area contributed by atoms with Gasteiger partial charge in [-0.15, -0.1) is 0 Å². The Labute approximate surface area is 90.9 Å². The van der Waals surface area contributed by atoms with Gasteiger partial charge in [-0.2, -0.15) is 5.26 Å². The summed E-state index contributed by atoms with van der Waals surface area (Å²) in [6.45, 7) is 1.03. The van der Waals surface area contributed by atoms with Crippen molar-refractivity contribution in [3.63, 3.8) is 0 Å². The van der Waals surface area contributed by atoms with Crippen LogP contribution in [0.1, 0.15) is 30.9 Å². The van der Waals surface area contributed by atoms with Crippen molar-refractivity contribution in [3.8, 4) is 6.07 Å². The van der Waals surface area contributed by atoms with E-state index in [4.69, 9.17) is 5.26 Å². The Bertz CT molecular complexity index is 339. The zero-order valence-corrected chi connectivity index (χ0v) is 8.82. The smallest absolute Gasteiger partial charge is 0.0624 e. The lowest BCUT2D eigenvalue weighted by molar-refractivity contribution is 0.310. The average molecular weight is 200 g/mol. The van der Waals surface area contributed by atoms with Gasteiger partial charge in [0, 0.05) is 12.5 Å². The second-order valence-electron chi connectivity index (χ2n) is 4.17. The summed E-state index contributed by atoms with van der Waals surface area (Å²) in [5.41, 5.74) is 1.35. The lowest BCUT2D eigenvalue weighted by Crippen LogP contribution is -2.31. The number of nitrogens with zero attached hydrogens (tertiary/aromatic N) is 1. The number of nitriles is 1. The predicted octanol–water partition coefficient (Wildman–Crippen LogP) is 2.64.